The lowest BCUT2D eigenvalue weighted by atomic mass is 10.2. The van der Waals surface area contributed by atoms with Crippen molar-refractivity contribution in [2.75, 3.05) is 5.73 Å². The second-order valence-electron chi connectivity index (χ2n) is 3.94. The number of hydrogen-bond acceptors (Lipinski definition) is 2. The molecule has 0 bridgehead atoms. The lowest BCUT2D eigenvalue weighted by molar-refractivity contribution is 0.0943. The first-order valence-corrected chi connectivity index (χ1v) is 5.41. The van der Waals surface area contributed by atoms with Crippen LogP contribution in [-0.4, -0.2) is 10.5 Å². The summed E-state index contributed by atoms with van der Waals surface area (Å²) in [6.07, 6.45) is 1.72. The van der Waals surface area contributed by atoms with Gasteiger partial charge in [0, 0.05) is 19.8 Å². The van der Waals surface area contributed by atoms with Crippen LogP contribution in [0.1, 0.15) is 16.1 Å². The third-order valence-corrected chi connectivity index (χ3v) is 2.55. The van der Waals surface area contributed by atoms with Crippen molar-refractivity contribution in [2.45, 2.75) is 6.54 Å². The van der Waals surface area contributed by atoms with Gasteiger partial charge in [0.05, 0.1) is 5.69 Å². The maximum Gasteiger partial charge on any atom is 0.268 e. The molecule has 0 saturated carbocycles. The minimum atomic E-state index is -0.118. The topological polar surface area (TPSA) is 60.0 Å². The van der Waals surface area contributed by atoms with Gasteiger partial charge < -0.3 is 15.6 Å². The summed E-state index contributed by atoms with van der Waals surface area (Å²) in [4.78, 5) is 11.9. The van der Waals surface area contributed by atoms with Gasteiger partial charge in [0.1, 0.15) is 5.69 Å². The molecule has 2 rings (SSSR count). The molecule has 88 valence electrons. The van der Waals surface area contributed by atoms with Gasteiger partial charge in [0.15, 0.2) is 0 Å². The highest BCUT2D eigenvalue weighted by atomic mass is 16.1. The maximum absolute atomic E-state index is 11.9. The number of carbonyl (C=O) groups is 1. The summed E-state index contributed by atoms with van der Waals surface area (Å²) in [7, 11) is 1.80. The van der Waals surface area contributed by atoms with Crippen LogP contribution in [0.4, 0.5) is 5.69 Å². The molecule has 4 nitrogen and oxygen atoms in total. The predicted octanol–water partition coefficient (Wildman–Crippen LogP) is 1.54. The number of aryl methyl sites for hydroxylation is 1. The number of nitrogens with one attached hydrogen (secondary N) is 1. The standard InChI is InChI=1S/C13H15N3O/c1-16-9-11(14)7-12(16)13(17)15-8-10-5-3-2-4-6-10/h2-7,9H,8,14H2,1H3,(H,15,17). The van der Waals surface area contributed by atoms with Crippen LogP contribution in [0.5, 0.6) is 0 Å². The zero-order valence-electron chi connectivity index (χ0n) is 9.68. The van der Waals surface area contributed by atoms with Crippen molar-refractivity contribution < 1.29 is 4.79 Å². The van der Waals surface area contributed by atoms with Gasteiger partial charge in [0.25, 0.3) is 5.91 Å². The first-order chi connectivity index (χ1) is 8.16. The van der Waals surface area contributed by atoms with Crippen molar-refractivity contribution in [1.29, 1.82) is 0 Å². The van der Waals surface area contributed by atoms with Crippen molar-refractivity contribution in [2.24, 2.45) is 7.05 Å². The SMILES string of the molecule is Cn1cc(N)cc1C(=O)NCc1ccccc1. The third-order valence-electron chi connectivity index (χ3n) is 2.55. The van der Waals surface area contributed by atoms with Crippen LogP contribution in [-0.2, 0) is 13.6 Å². The molecule has 0 atom stereocenters. The summed E-state index contributed by atoms with van der Waals surface area (Å²) in [6.45, 7) is 0.519. The van der Waals surface area contributed by atoms with E-state index >= 15 is 0 Å². The van der Waals surface area contributed by atoms with Crippen molar-refractivity contribution in [1.82, 2.24) is 9.88 Å². The molecule has 1 aromatic carbocycles. The summed E-state index contributed by atoms with van der Waals surface area (Å²) in [6, 6.07) is 11.5. The molecule has 1 heterocycles. The minimum absolute atomic E-state index is 0.118. The van der Waals surface area contributed by atoms with Crippen LogP contribution in [0.3, 0.4) is 0 Å². The van der Waals surface area contributed by atoms with Crippen molar-refractivity contribution >= 4 is 11.6 Å². The van der Waals surface area contributed by atoms with E-state index in [0.29, 0.717) is 17.9 Å². The zero-order chi connectivity index (χ0) is 12.3. The Balaban J connectivity index is 2.01. The lowest BCUT2D eigenvalue weighted by Crippen LogP contribution is -2.24. The normalized spacial score (nSPS) is 10.2. The summed E-state index contributed by atoms with van der Waals surface area (Å²) in [5.41, 5.74) is 7.86. The van der Waals surface area contributed by atoms with Gasteiger partial charge >= 0.3 is 0 Å². The molecular formula is C13H15N3O. The summed E-state index contributed by atoms with van der Waals surface area (Å²) in [5.74, 6) is -0.118. The molecule has 0 radical (unpaired) electrons. The van der Waals surface area contributed by atoms with E-state index in [9.17, 15) is 4.79 Å². The number of carbonyl (C=O) groups excluding carboxylic acids is 1. The molecule has 17 heavy (non-hydrogen) atoms. The highest BCUT2D eigenvalue weighted by Crippen LogP contribution is 2.08. The number of nitrogen functional groups attached to an aromatic ring is 1. The van der Waals surface area contributed by atoms with Crippen molar-refractivity contribution in [3.8, 4) is 0 Å². The van der Waals surface area contributed by atoms with Crippen molar-refractivity contribution in [3.05, 3.63) is 53.9 Å². The number of benzene rings is 1. The summed E-state index contributed by atoms with van der Waals surface area (Å²) < 4.78 is 1.72. The quantitative estimate of drug-likeness (QED) is 0.838. The Morgan fingerprint density at radius 2 is 2.06 bits per heavy atom. The average Bonchev–Trinajstić information content (AvgIpc) is 2.67. The molecule has 2 aromatic rings. The molecule has 1 amide bonds. The van der Waals surface area contributed by atoms with Crippen LogP contribution >= 0.6 is 0 Å². The molecular weight excluding hydrogens is 214 g/mol. The highest BCUT2D eigenvalue weighted by molar-refractivity contribution is 5.93. The van der Waals surface area contributed by atoms with Crippen LogP contribution in [0.15, 0.2) is 42.6 Å². The largest absolute Gasteiger partial charge is 0.397 e. The molecule has 1 aromatic heterocycles. The first-order valence-electron chi connectivity index (χ1n) is 5.41. The Morgan fingerprint density at radius 3 is 2.65 bits per heavy atom. The van der Waals surface area contributed by atoms with E-state index in [1.54, 1.807) is 23.9 Å². The van der Waals surface area contributed by atoms with Gasteiger partial charge in [-0.3, -0.25) is 4.79 Å². The van der Waals surface area contributed by atoms with Gasteiger partial charge in [-0.05, 0) is 11.6 Å². The number of aromatic nitrogens is 1. The fourth-order valence-electron chi connectivity index (χ4n) is 1.68. The molecule has 3 N–H and O–H groups in total. The molecule has 0 spiro atoms. The van der Waals surface area contributed by atoms with E-state index in [0.717, 1.165) is 5.56 Å². The van der Waals surface area contributed by atoms with Gasteiger partial charge in [-0.25, -0.2) is 0 Å². The Hall–Kier alpha value is -2.23. The van der Waals surface area contributed by atoms with Gasteiger partial charge in [-0.2, -0.15) is 0 Å². The van der Waals surface area contributed by atoms with E-state index in [4.69, 9.17) is 5.73 Å². The number of nitrogens with zero attached hydrogens (tertiary/aromatic N) is 1. The number of rotatable bonds is 3. The third kappa shape index (κ3) is 2.66. The smallest absolute Gasteiger partial charge is 0.268 e. The van der Waals surface area contributed by atoms with Crippen LogP contribution < -0.4 is 11.1 Å². The number of nitrogens with two attached hydrogens (primary N) is 1. The Kier molecular flexibility index (Phi) is 3.14. The van der Waals surface area contributed by atoms with Crippen LogP contribution in [0.2, 0.25) is 0 Å². The van der Waals surface area contributed by atoms with E-state index < -0.39 is 0 Å². The zero-order valence-corrected chi connectivity index (χ0v) is 9.68. The van der Waals surface area contributed by atoms with E-state index in [1.165, 1.54) is 0 Å². The Morgan fingerprint density at radius 1 is 1.35 bits per heavy atom. The fraction of sp³-hybridized carbons (Fsp3) is 0.154. The van der Waals surface area contributed by atoms with E-state index in [2.05, 4.69) is 5.32 Å². The molecule has 0 aliphatic carbocycles. The number of amides is 1. The number of hydrogen-bond donors (Lipinski definition) is 2. The summed E-state index contributed by atoms with van der Waals surface area (Å²) >= 11 is 0. The number of anilines is 1. The Bertz CT molecular complexity index is 517. The summed E-state index contributed by atoms with van der Waals surface area (Å²) in [5, 5.41) is 2.85. The molecule has 0 aliphatic rings. The second-order valence-corrected chi connectivity index (χ2v) is 3.94. The lowest BCUT2D eigenvalue weighted by Gasteiger charge is -2.05. The molecule has 0 fully saturated rings. The minimum Gasteiger partial charge on any atom is -0.397 e. The van der Waals surface area contributed by atoms with Gasteiger partial charge in [-0.1, -0.05) is 30.3 Å². The van der Waals surface area contributed by atoms with Gasteiger partial charge in [0.2, 0.25) is 0 Å². The molecule has 0 aliphatic heterocycles. The monoisotopic (exact) mass is 229 g/mol. The van der Waals surface area contributed by atoms with Crippen molar-refractivity contribution in [3.63, 3.8) is 0 Å². The highest BCUT2D eigenvalue weighted by Gasteiger charge is 2.09. The van der Waals surface area contributed by atoms with Crippen LogP contribution in [0.25, 0.3) is 0 Å². The molecule has 4 heteroatoms. The predicted molar refractivity (Wildman–Crippen MR) is 67.4 cm³/mol. The van der Waals surface area contributed by atoms with Gasteiger partial charge in [-0.15, -0.1) is 0 Å². The molecule has 0 saturated heterocycles. The van der Waals surface area contributed by atoms with E-state index in [1.807, 2.05) is 30.3 Å². The maximum atomic E-state index is 11.9. The Labute approximate surface area is 100 Å². The fourth-order valence-corrected chi connectivity index (χ4v) is 1.68. The average molecular weight is 229 g/mol. The van der Waals surface area contributed by atoms with Crippen LogP contribution in [0, 0.1) is 0 Å². The first kappa shape index (κ1) is 11.3. The van der Waals surface area contributed by atoms with E-state index in [-0.39, 0.29) is 5.91 Å². The second kappa shape index (κ2) is 4.74. The molecule has 0 unspecified atom stereocenters.